The lowest BCUT2D eigenvalue weighted by molar-refractivity contribution is 0.766. The molecule has 0 unspecified atom stereocenters. The summed E-state index contributed by atoms with van der Waals surface area (Å²) in [5.41, 5.74) is 2.87. The fraction of sp³-hybridized carbons (Fsp3) is 0.231. The first-order valence-electron chi connectivity index (χ1n) is 5.38. The molecule has 1 aromatic heterocycles. The molecule has 4 heteroatoms. The van der Waals surface area contributed by atoms with Crippen LogP contribution < -0.4 is 4.90 Å². The summed E-state index contributed by atoms with van der Waals surface area (Å²) >= 11 is 0. The molecule has 0 saturated carbocycles. The second-order valence-corrected chi connectivity index (χ2v) is 4.04. The van der Waals surface area contributed by atoms with Crippen molar-refractivity contribution < 1.29 is 0 Å². The minimum Gasteiger partial charge on any atom is -0.370 e. The third kappa shape index (κ3) is 2.64. The van der Waals surface area contributed by atoms with Crippen LogP contribution in [0.4, 0.5) is 5.69 Å². The Morgan fingerprint density at radius 3 is 2.94 bits per heavy atom. The van der Waals surface area contributed by atoms with Crippen molar-refractivity contribution in [1.82, 2.24) is 9.78 Å². The molecule has 0 fully saturated rings. The molecule has 86 valence electrons. The van der Waals surface area contributed by atoms with Gasteiger partial charge < -0.3 is 4.90 Å². The van der Waals surface area contributed by atoms with Gasteiger partial charge in [-0.3, -0.25) is 4.68 Å². The maximum absolute atomic E-state index is 8.86. The molecular formula is C13H14N4. The van der Waals surface area contributed by atoms with Crippen LogP contribution in [-0.4, -0.2) is 16.8 Å². The number of nitriles is 1. The molecule has 17 heavy (non-hydrogen) atoms. The highest BCUT2D eigenvalue weighted by molar-refractivity contribution is 5.51. The molecule has 4 nitrogen and oxygen atoms in total. The maximum atomic E-state index is 8.86. The summed E-state index contributed by atoms with van der Waals surface area (Å²) in [6.07, 6.45) is 3.84. The van der Waals surface area contributed by atoms with E-state index in [0.717, 1.165) is 17.8 Å². The van der Waals surface area contributed by atoms with Crippen LogP contribution in [0, 0.1) is 11.3 Å². The van der Waals surface area contributed by atoms with Gasteiger partial charge in [-0.2, -0.15) is 10.4 Å². The van der Waals surface area contributed by atoms with Crippen molar-refractivity contribution in [2.45, 2.75) is 6.54 Å². The number of hydrogen-bond acceptors (Lipinski definition) is 3. The number of nitrogens with zero attached hydrogens (tertiary/aromatic N) is 4. The Morgan fingerprint density at radius 2 is 2.29 bits per heavy atom. The largest absolute Gasteiger partial charge is 0.370 e. The molecule has 0 bridgehead atoms. The predicted molar refractivity (Wildman–Crippen MR) is 66.5 cm³/mol. The van der Waals surface area contributed by atoms with E-state index in [2.05, 4.69) is 16.1 Å². The summed E-state index contributed by atoms with van der Waals surface area (Å²) in [6, 6.07) is 9.73. The number of aryl methyl sites for hydroxylation is 1. The van der Waals surface area contributed by atoms with E-state index in [1.807, 2.05) is 44.7 Å². The van der Waals surface area contributed by atoms with Gasteiger partial charge >= 0.3 is 0 Å². The summed E-state index contributed by atoms with van der Waals surface area (Å²) in [5, 5.41) is 13.0. The molecule has 1 heterocycles. The molecule has 1 aromatic carbocycles. The first kappa shape index (κ1) is 11.2. The van der Waals surface area contributed by atoms with E-state index in [0.29, 0.717) is 5.56 Å². The number of anilines is 1. The second-order valence-electron chi connectivity index (χ2n) is 4.04. The predicted octanol–water partition coefficient (Wildman–Crippen LogP) is 1.93. The normalized spacial score (nSPS) is 9.94. The highest BCUT2D eigenvalue weighted by Gasteiger charge is 2.04. The Labute approximate surface area is 101 Å². The topological polar surface area (TPSA) is 44.9 Å². The Morgan fingerprint density at radius 1 is 1.47 bits per heavy atom. The third-order valence-corrected chi connectivity index (χ3v) is 2.59. The second kappa shape index (κ2) is 4.71. The van der Waals surface area contributed by atoms with Gasteiger partial charge in [0, 0.05) is 38.1 Å². The Bertz CT molecular complexity index is 551. The van der Waals surface area contributed by atoms with Crippen LogP contribution in [0.5, 0.6) is 0 Å². The van der Waals surface area contributed by atoms with Gasteiger partial charge in [-0.05, 0) is 18.2 Å². The molecule has 2 rings (SSSR count). The lowest BCUT2D eigenvalue weighted by Crippen LogP contribution is -2.15. The zero-order valence-electron chi connectivity index (χ0n) is 9.96. The van der Waals surface area contributed by atoms with E-state index in [4.69, 9.17) is 5.26 Å². The van der Waals surface area contributed by atoms with Crippen LogP contribution in [0.25, 0.3) is 0 Å². The standard InChI is InChI=1S/C13H14N4/c1-16(9-12-8-15-17(2)10-12)13-5-3-4-11(6-13)7-14/h3-6,8,10H,9H2,1-2H3. The average molecular weight is 226 g/mol. The van der Waals surface area contributed by atoms with Crippen molar-refractivity contribution >= 4 is 5.69 Å². The van der Waals surface area contributed by atoms with E-state index in [1.54, 1.807) is 10.7 Å². The number of aromatic nitrogens is 2. The number of benzene rings is 1. The van der Waals surface area contributed by atoms with E-state index < -0.39 is 0 Å². The van der Waals surface area contributed by atoms with Gasteiger partial charge in [-0.1, -0.05) is 6.07 Å². The minimum atomic E-state index is 0.681. The van der Waals surface area contributed by atoms with E-state index >= 15 is 0 Å². The van der Waals surface area contributed by atoms with E-state index in [1.165, 1.54) is 0 Å². The molecule has 0 amide bonds. The first-order chi connectivity index (χ1) is 8.19. The quantitative estimate of drug-likeness (QED) is 0.803. The Kier molecular flexibility index (Phi) is 3.10. The summed E-state index contributed by atoms with van der Waals surface area (Å²) < 4.78 is 1.79. The van der Waals surface area contributed by atoms with Gasteiger partial charge in [0.15, 0.2) is 0 Å². The number of hydrogen-bond donors (Lipinski definition) is 0. The maximum Gasteiger partial charge on any atom is 0.0992 e. The molecule has 0 aliphatic heterocycles. The van der Waals surface area contributed by atoms with Gasteiger partial charge in [-0.15, -0.1) is 0 Å². The highest BCUT2D eigenvalue weighted by Crippen LogP contribution is 2.16. The monoisotopic (exact) mass is 226 g/mol. The fourth-order valence-electron chi connectivity index (χ4n) is 1.73. The summed E-state index contributed by atoms with van der Waals surface area (Å²) in [5.74, 6) is 0. The van der Waals surface area contributed by atoms with Crippen molar-refractivity contribution in [3.05, 3.63) is 47.8 Å². The SMILES string of the molecule is CN(Cc1cnn(C)c1)c1cccc(C#N)c1. The van der Waals surface area contributed by atoms with Gasteiger partial charge in [0.05, 0.1) is 17.8 Å². The van der Waals surface area contributed by atoms with Crippen LogP contribution >= 0.6 is 0 Å². The first-order valence-corrected chi connectivity index (χ1v) is 5.38. The summed E-state index contributed by atoms with van der Waals surface area (Å²) in [6.45, 7) is 0.780. The zero-order valence-corrected chi connectivity index (χ0v) is 9.96. The summed E-state index contributed by atoms with van der Waals surface area (Å²) in [7, 11) is 3.91. The molecule has 0 spiro atoms. The molecule has 0 aliphatic carbocycles. The average Bonchev–Trinajstić information content (AvgIpc) is 2.75. The molecule has 2 aromatic rings. The molecule has 0 atom stereocenters. The van der Waals surface area contributed by atoms with Crippen LogP contribution in [0.15, 0.2) is 36.7 Å². The molecular weight excluding hydrogens is 212 g/mol. The number of rotatable bonds is 3. The lowest BCUT2D eigenvalue weighted by atomic mass is 10.2. The van der Waals surface area contributed by atoms with Gasteiger partial charge in [0.25, 0.3) is 0 Å². The van der Waals surface area contributed by atoms with Crippen molar-refractivity contribution in [1.29, 1.82) is 5.26 Å². The van der Waals surface area contributed by atoms with Crippen LogP contribution in [0.3, 0.4) is 0 Å². The third-order valence-electron chi connectivity index (χ3n) is 2.59. The van der Waals surface area contributed by atoms with Crippen molar-refractivity contribution in [3.63, 3.8) is 0 Å². The summed E-state index contributed by atoms with van der Waals surface area (Å²) in [4.78, 5) is 2.10. The van der Waals surface area contributed by atoms with E-state index in [9.17, 15) is 0 Å². The smallest absolute Gasteiger partial charge is 0.0992 e. The molecule has 0 aliphatic rings. The molecule has 0 saturated heterocycles. The van der Waals surface area contributed by atoms with Crippen LogP contribution in [0.1, 0.15) is 11.1 Å². The Hall–Kier alpha value is -2.28. The van der Waals surface area contributed by atoms with Crippen LogP contribution in [-0.2, 0) is 13.6 Å². The fourth-order valence-corrected chi connectivity index (χ4v) is 1.73. The highest BCUT2D eigenvalue weighted by atomic mass is 15.2. The minimum absolute atomic E-state index is 0.681. The Balaban J connectivity index is 2.14. The van der Waals surface area contributed by atoms with Crippen LogP contribution in [0.2, 0.25) is 0 Å². The van der Waals surface area contributed by atoms with Crippen molar-refractivity contribution in [3.8, 4) is 6.07 Å². The lowest BCUT2D eigenvalue weighted by Gasteiger charge is -2.18. The van der Waals surface area contributed by atoms with Crippen molar-refractivity contribution in [2.75, 3.05) is 11.9 Å². The molecule has 0 N–H and O–H groups in total. The van der Waals surface area contributed by atoms with Gasteiger partial charge in [-0.25, -0.2) is 0 Å². The van der Waals surface area contributed by atoms with Gasteiger partial charge in [0.1, 0.15) is 0 Å². The van der Waals surface area contributed by atoms with Gasteiger partial charge in [0.2, 0.25) is 0 Å². The van der Waals surface area contributed by atoms with Crippen molar-refractivity contribution in [2.24, 2.45) is 7.05 Å². The molecule has 0 radical (unpaired) electrons. The zero-order chi connectivity index (χ0) is 12.3. The van der Waals surface area contributed by atoms with E-state index in [-0.39, 0.29) is 0 Å².